The van der Waals surface area contributed by atoms with Gasteiger partial charge in [-0.15, -0.1) is 0 Å². The van der Waals surface area contributed by atoms with Crippen LogP contribution in [0.5, 0.6) is 0 Å². The number of benzene rings is 1. The number of rotatable bonds is 8. The van der Waals surface area contributed by atoms with E-state index in [-0.39, 0.29) is 12.5 Å². The Labute approximate surface area is 193 Å². The second-order valence-electron chi connectivity index (χ2n) is 8.55. The van der Waals surface area contributed by atoms with Crippen molar-refractivity contribution in [3.63, 3.8) is 0 Å². The zero-order valence-electron chi connectivity index (χ0n) is 19.0. The lowest BCUT2D eigenvalue weighted by molar-refractivity contribution is 0.0945. The Morgan fingerprint density at radius 1 is 1.15 bits per heavy atom. The van der Waals surface area contributed by atoms with Crippen molar-refractivity contribution in [2.75, 3.05) is 7.11 Å². The second kappa shape index (κ2) is 9.16. The highest BCUT2D eigenvalue weighted by atomic mass is 16.5. The van der Waals surface area contributed by atoms with Crippen molar-refractivity contribution in [1.29, 1.82) is 0 Å². The molecule has 3 aromatic heterocycles. The van der Waals surface area contributed by atoms with Crippen molar-refractivity contribution in [1.82, 2.24) is 19.9 Å². The van der Waals surface area contributed by atoms with Gasteiger partial charge in [0.2, 0.25) is 0 Å². The van der Waals surface area contributed by atoms with E-state index >= 15 is 0 Å². The molecule has 3 heterocycles. The normalized spacial score (nSPS) is 13.4. The Morgan fingerprint density at radius 3 is 2.70 bits per heavy atom. The van der Waals surface area contributed by atoms with Crippen LogP contribution in [-0.4, -0.2) is 27.6 Å². The number of aromatic nitrogens is 3. The topological polar surface area (TPSA) is 68.5 Å². The lowest BCUT2D eigenvalue weighted by Crippen LogP contribution is -2.26. The lowest BCUT2D eigenvalue weighted by Gasteiger charge is -2.17. The van der Waals surface area contributed by atoms with Crippen molar-refractivity contribution in [3.05, 3.63) is 89.0 Å². The molecule has 1 saturated carbocycles. The van der Waals surface area contributed by atoms with Crippen molar-refractivity contribution >= 4 is 11.4 Å². The monoisotopic (exact) mass is 440 g/mol. The summed E-state index contributed by atoms with van der Waals surface area (Å²) in [5, 5.41) is 7.93. The molecule has 1 aliphatic carbocycles. The first kappa shape index (κ1) is 21.3. The number of nitrogens with zero attached hydrogens (tertiary/aromatic N) is 3. The fourth-order valence-electron chi connectivity index (χ4n) is 4.36. The van der Waals surface area contributed by atoms with E-state index in [1.165, 1.54) is 18.4 Å². The SMILES string of the molecule is CCc1ccc2c(-c3cncc(C4CC4)c3)c(C(=O)NCc3ccccc3)c(COC)nn12. The van der Waals surface area contributed by atoms with Gasteiger partial charge in [0.25, 0.3) is 5.91 Å². The van der Waals surface area contributed by atoms with E-state index in [2.05, 4.69) is 35.4 Å². The first-order valence-corrected chi connectivity index (χ1v) is 11.5. The van der Waals surface area contributed by atoms with E-state index < -0.39 is 0 Å². The molecule has 0 spiro atoms. The van der Waals surface area contributed by atoms with Gasteiger partial charge in [0.1, 0.15) is 5.69 Å². The van der Waals surface area contributed by atoms with Crippen LogP contribution in [0.1, 0.15) is 58.6 Å². The van der Waals surface area contributed by atoms with Crippen LogP contribution in [0.3, 0.4) is 0 Å². The molecular weight excluding hydrogens is 412 g/mol. The molecular formula is C27H28N4O2. The van der Waals surface area contributed by atoms with Gasteiger partial charge in [-0.3, -0.25) is 9.78 Å². The van der Waals surface area contributed by atoms with E-state index in [4.69, 9.17) is 9.84 Å². The van der Waals surface area contributed by atoms with E-state index in [0.29, 0.717) is 23.7 Å². The Balaban J connectivity index is 1.67. The molecule has 5 rings (SSSR count). The van der Waals surface area contributed by atoms with E-state index in [1.807, 2.05) is 47.2 Å². The number of amides is 1. The summed E-state index contributed by atoms with van der Waals surface area (Å²) in [5.74, 6) is 0.411. The van der Waals surface area contributed by atoms with E-state index in [0.717, 1.165) is 34.3 Å². The smallest absolute Gasteiger partial charge is 0.254 e. The van der Waals surface area contributed by atoms with Crippen molar-refractivity contribution in [3.8, 4) is 11.1 Å². The van der Waals surface area contributed by atoms with Crippen molar-refractivity contribution in [2.24, 2.45) is 0 Å². The summed E-state index contributed by atoms with van der Waals surface area (Å²) in [5.41, 5.74) is 7.24. The van der Waals surface area contributed by atoms with Crippen LogP contribution in [0, 0.1) is 0 Å². The number of carbonyl (C=O) groups is 1. The zero-order chi connectivity index (χ0) is 22.8. The number of hydrogen-bond acceptors (Lipinski definition) is 4. The molecule has 0 radical (unpaired) electrons. The number of ether oxygens (including phenoxy) is 1. The molecule has 1 fully saturated rings. The van der Waals surface area contributed by atoms with Crippen LogP contribution in [0.2, 0.25) is 0 Å². The summed E-state index contributed by atoms with van der Waals surface area (Å²) in [7, 11) is 1.63. The predicted molar refractivity (Wildman–Crippen MR) is 128 cm³/mol. The minimum absolute atomic E-state index is 0.160. The first-order chi connectivity index (χ1) is 16.2. The van der Waals surface area contributed by atoms with Crippen LogP contribution in [0.4, 0.5) is 0 Å². The van der Waals surface area contributed by atoms with Crippen LogP contribution >= 0.6 is 0 Å². The summed E-state index contributed by atoms with van der Waals surface area (Å²) in [6.45, 7) is 2.79. The first-order valence-electron chi connectivity index (χ1n) is 11.5. The molecule has 1 N–H and O–H groups in total. The van der Waals surface area contributed by atoms with Gasteiger partial charge in [0.15, 0.2) is 0 Å². The van der Waals surface area contributed by atoms with Crippen LogP contribution in [0.15, 0.2) is 60.9 Å². The highest BCUT2D eigenvalue weighted by molar-refractivity contribution is 6.05. The van der Waals surface area contributed by atoms with Crippen LogP contribution in [-0.2, 0) is 24.3 Å². The van der Waals surface area contributed by atoms with E-state index in [1.54, 1.807) is 7.11 Å². The number of methoxy groups -OCH3 is 1. The predicted octanol–water partition coefficient (Wildman–Crippen LogP) is 4.91. The minimum Gasteiger partial charge on any atom is -0.378 e. The maximum atomic E-state index is 13.6. The molecule has 0 saturated heterocycles. The van der Waals surface area contributed by atoms with Gasteiger partial charge in [-0.2, -0.15) is 5.10 Å². The van der Waals surface area contributed by atoms with Gasteiger partial charge in [-0.05, 0) is 54.5 Å². The quantitative estimate of drug-likeness (QED) is 0.423. The maximum Gasteiger partial charge on any atom is 0.254 e. The molecule has 33 heavy (non-hydrogen) atoms. The minimum atomic E-state index is -0.160. The largest absolute Gasteiger partial charge is 0.378 e. The maximum absolute atomic E-state index is 13.6. The third kappa shape index (κ3) is 4.26. The summed E-state index contributed by atoms with van der Waals surface area (Å²) in [6, 6.07) is 16.2. The Morgan fingerprint density at radius 2 is 1.97 bits per heavy atom. The summed E-state index contributed by atoms with van der Waals surface area (Å²) in [4.78, 5) is 18.2. The van der Waals surface area contributed by atoms with Gasteiger partial charge < -0.3 is 10.1 Å². The van der Waals surface area contributed by atoms with Crippen molar-refractivity contribution < 1.29 is 9.53 Å². The van der Waals surface area contributed by atoms with Gasteiger partial charge in [0.05, 0.1) is 17.7 Å². The fraction of sp³-hybridized carbons (Fsp3) is 0.296. The van der Waals surface area contributed by atoms with Crippen LogP contribution < -0.4 is 5.32 Å². The Kier molecular flexibility index (Phi) is 5.92. The average Bonchev–Trinajstić information content (AvgIpc) is 3.63. The lowest BCUT2D eigenvalue weighted by atomic mass is 9.97. The number of nitrogens with one attached hydrogen (secondary N) is 1. The third-order valence-electron chi connectivity index (χ3n) is 6.21. The average molecular weight is 441 g/mol. The van der Waals surface area contributed by atoms with E-state index in [9.17, 15) is 4.79 Å². The molecule has 6 heteroatoms. The second-order valence-corrected chi connectivity index (χ2v) is 8.55. The summed E-state index contributed by atoms with van der Waals surface area (Å²) in [6.07, 6.45) is 7.03. The van der Waals surface area contributed by atoms with Gasteiger partial charge in [0, 0.05) is 42.9 Å². The number of carbonyl (C=O) groups excluding carboxylic acids is 1. The molecule has 1 aliphatic rings. The number of aryl methyl sites for hydroxylation is 1. The van der Waals surface area contributed by atoms with Crippen molar-refractivity contribution in [2.45, 2.75) is 45.3 Å². The van der Waals surface area contributed by atoms with Gasteiger partial charge in [-0.25, -0.2) is 4.52 Å². The van der Waals surface area contributed by atoms with Crippen LogP contribution in [0.25, 0.3) is 16.6 Å². The molecule has 0 atom stereocenters. The Bertz CT molecular complexity index is 1290. The summed E-state index contributed by atoms with van der Waals surface area (Å²) < 4.78 is 7.42. The Hall–Kier alpha value is -3.51. The molecule has 0 unspecified atom stereocenters. The molecule has 6 nitrogen and oxygen atoms in total. The van der Waals surface area contributed by atoms with Gasteiger partial charge >= 0.3 is 0 Å². The van der Waals surface area contributed by atoms with Gasteiger partial charge in [-0.1, -0.05) is 37.3 Å². The molecule has 4 aromatic rings. The third-order valence-corrected chi connectivity index (χ3v) is 6.21. The molecule has 1 amide bonds. The number of fused-ring (bicyclic) bond motifs is 1. The number of hydrogen-bond donors (Lipinski definition) is 1. The molecule has 0 aliphatic heterocycles. The zero-order valence-corrected chi connectivity index (χ0v) is 19.0. The summed E-state index contributed by atoms with van der Waals surface area (Å²) >= 11 is 0. The number of pyridine rings is 1. The highest BCUT2D eigenvalue weighted by Gasteiger charge is 2.27. The standard InChI is InChI=1S/C27H28N4O2/c1-3-22-11-12-24-25(21-13-20(15-28-16-21)19-9-10-19)26(23(17-33-2)30-31(22)24)27(32)29-14-18-7-5-4-6-8-18/h4-8,11-13,15-16,19H,3,9-10,14,17H2,1-2H3,(H,29,32). The fourth-order valence-corrected chi connectivity index (χ4v) is 4.36. The molecule has 0 bridgehead atoms. The highest BCUT2D eigenvalue weighted by Crippen LogP contribution is 2.41. The molecule has 168 valence electrons. The molecule has 1 aromatic carbocycles.